The maximum atomic E-state index is 13.2. The number of aliphatic hydroxyl groups excluding tert-OH is 2. The van der Waals surface area contributed by atoms with Crippen LogP contribution in [0.3, 0.4) is 0 Å². The highest BCUT2D eigenvalue weighted by atomic mass is 19.1. The van der Waals surface area contributed by atoms with Crippen LogP contribution in [0.1, 0.15) is 12.8 Å². The van der Waals surface area contributed by atoms with Gasteiger partial charge in [0.25, 0.3) is 0 Å². The van der Waals surface area contributed by atoms with Crippen LogP contribution in [-0.2, 0) is 0 Å². The maximum Gasteiger partial charge on any atom is 0.306 e. The van der Waals surface area contributed by atoms with Gasteiger partial charge in [-0.25, -0.2) is 0 Å². The first-order valence-electron chi connectivity index (χ1n) is 6.00. The van der Waals surface area contributed by atoms with Crippen molar-refractivity contribution >= 4 is 11.4 Å². The molecule has 6 nitrogen and oxygen atoms in total. The molecule has 7 heteroatoms. The standard InChI is InChI=1S/C12H17FN2O4/c13-11-4-3-10(9-12(11)15(18)19)14(5-1-7-16)6-2-8-17/h3-4,9,16-17H,1-2,5-8H2. The number of rotatable bonds is 8. The molecule has 0 radical (unpaired) electrons. The van der Waals surface area contributed by atoms with Gasteiger partial charge in [-0.15, -0.1) is 0 Å². The molecule has 19 heavy (non-hydrogen) atoms. The van der Waals surface area contributed by atoms with E-state index in [-0.39, 0.29) is 13.2 Å². The van der Waals surface area contributed by atoms with Crippen molar-refractivity contribution in [1.29, 1.82) is 0 Å². The lowest BCUT2D eigenvalue weighted by atomic mass is 10.2. The van der Waals surface area contributed by atoms with Gasteiger partial charge < -0.3 is 15.1 Å². The summed E-state index contributed by atoms with van der Waals surface area (Å²) in [5.41, 5.74) is -0.0644. The maximum absolute atomic E-state index is 13.2. The first kappa shape index (κ1) is 15.3. The molecule has 0 saturated heterocycles. The second kappa shape index (κ2) is 7.65. The number of hydrogen-bond donors (Lipinski definition) is 2. The van der Waals surface area contributed by atoms with Crippen molar-refractivity contribution in [1.82, 2.24) is 0 Å². The fraction of sp³-hybridized carbons (Fsp3) is 0.500. The van der Waals surface area contributed by atoms with E-state index < -0.39 is 16.4 Å². The lowest BCUT2D eigenvalue weighted by molar-refractivity contribution is -0.387. The minimum absolute atomic E-state index is 0.00108. The molecule has 0 saturated carbocycles. The molecule has 0 aliphatic heterocycles. The predicted octanol–water partition coefficient (Wildman–Crippen LogP) is 1.31. The summed E-state index contributed by atoms with van der Waals surface area (Å²) in [5.74, 6) is -0.877. The largest absolute Gasteiger partial charge is 0.396 e. The van der Waals surface area contributed by atoms with Gasteiger partial charge in [0.05, 0.1) is 4.92 Å². The predicted molar refractivity (Wildman–Crippen MR) is 68.7 cm³/mol. The Morgan fingerprint density at radius 3 is 2.26 bits per heavy atom. The van der Waals surface area contributed by atoms with Crippen LogP contribution in [-0.4, -0.2) is 41.4 Å². The minimum Gasteiger partial charge on any atom is -0.396 e. The second-order valence-corrected chi connectivity index (χ2v) is 4.03. The normalized spacial score (nSPS) is 10.5. The molecular weight excluding hydrogens is 255 g/mol. The highest BCUT2D eigenvalue weighted by Gasteiger charge is 2.17. The Bertz CT molecular complexity index is 420. The van der Waals surface area contributed by atoms with Gasteiger partial charge in [-0.05, 0) is 25.0 Å². The lowest BCUT2D eigenvalue weighted by Crippen LogP contribution is -2.27. The van der Waals surface area contributed by atoms with E-state index in [9.17, 15) is 14.5 Å². The Labute approximate surface area is 110 Å². The topological polar surface area (TPSA) is 86.8 Å². The zero-order valence-electron chi connectivity index (χ0n) is 10.5. The van der Waals surface area contributed by atoms with E-state index in [4.69, 9.17) is 10.2 Å². The number of benzene rings is 1. The van der Waals surface area contributed by atoms with E-state index in [1.165, 1.54) is 12.1 Å². The molecule has 0 aliphatic rings. The van der Waals surface area contributed by atoms with E-state index >= 15 is 0 Å². The molecule has 0 unspecified atom stereocenters. The van der Waals surface area contributed by atoms with Crippen LogP contribution in [0.5, 0.6) is 0 Å². The van der Waals surface area contributed by atoms with Crippen LogP contribution in [0.4, 0.5) is 15.8 Å². The zero-order valence-corrected chi connectivity index (χ0v) is 10.5. The van der Waals surface area contributed by atoms with Crippen molar-refractivity contribution in [3.8, 4) is 0 Å². The molecular formula is C12H17FN2O4. The molecule has 1 aromatic carbocycles. The fourth-order valence-electron chi connectivity index (χ4n) is 1.73. The van der Waals surface area contributed by atoms with Crippen molar-refractivity contribution in [2.45, 2.75) is 12.8 Å². The SMILES string of the molecule is O=[N+]([O-])c1cc(N(CCCO)CCCO)ccc1F. The molecule has 1 rings (SSSR count). The smallest absolute Gasteiger partial charge is 0.306 e. The molecule has 0 fully saturated rings. The van der Waals surface area contributed by atoms with Gasteiger partial charge in [0.2, 0.25) is 5.82 Å². The third-order valence-corrected chi connectivity index (χ3v) is 2.66. The number of aliphatic hydroxyl groups is 2. The van der Waals surface area contributed by atoms with Crippen LogP contribution in [0.25, 0.3) is 0 Å². The fourth-order valence-corrected chi connectivity index (χ4v) is 1.73. The van der Waals surface area contributed by atoms with Crippen molar-refractivity contribution in [2.24, 2.45) is 0 Å². The summed E-state index contributed by atoms with van der Waals surface area (Å²) in [6.45, 7) is 0.969. The average Bonchev–Trinajstić information content (AvgIpc) is 2.39. The number of nitro groups is 1. The number of nitrogens with zero attached hydrogens (tertiary/aromatic N) is 2. The molecule has 0 bridgehead atoms. The third kappa shape index (κ3) is 4.46. The number of anilines is 1. The summed E-state index contributed by atoms with van der Waals surface area (Å²) >= 11 is 0. The second-order valence-electron chi connectivity index (χ2n) is 4.03. The summed E-state index contributed by atoms with van der Waals surface area (Å²) in [6.07, 6.45) is 0.993. The first-order valence-corrected chi connectivity index (χ1v) is 6.00. The van der Waals surface area contributed by atoms with Crippen molar-refractivity contribution in [3.63, 3.8) is 0 Å². The Morgan fingerprint density at radius 2 is 1.79 bits per heavy atom. The zero-order chi connectivity index (χ0) is 14.3. The third-order valence-electron chi connectivity index (χ3n) is 2.66. The molecule has 2 N–H and O–H groups in total. The quantitative estimate of drug-likeness (QED) is 0.550. The summed E-state index contributed by atoms with van der Waals surface area (Å²) < 4.78 is 13.2. The Balaban J connectivity index is 2.93. The van der Waals surface area contributed by atoms with E-state index in [1.807, 2.05) is 0 Å². The van der Waals surface area contributed by atoms with Gasteiger partial charge in [0.15, 0.2) is 0 Å². The molecule has 106 valence electrons. The number of halogens is 1. The van der Waals surface area contributed by atoms with Gasteiger partial charge in [0.1, 0.15) is 0 Å². The molecule has 0 aromatic heterocycles. The summed E-state index contributed by atoms with van der Waals surface area (Å²) in [7, 11) is 0. The Hall–Kier alpha value is -1.73. The number of nitro benzene ring substituents is 1. The van der Waals surface area contributed by atoms with Crippen LogP contribution >= 0.6 is 0 Å². The number of hydrogen-bond acceptors (Lipinski definition) is 5. The van der Waals surface area contributed by atoms with Crippen LogP contribution in [0.15, 0.2) is 18.2 Å². The van der Waals surface area contributed by atoms with Crippen molar-refractivity contribution < 1.29 is 19.5 Å². The Kier molecular flexibility index (Phi) is 6.17. The summed E-state index contributed by atoms with van der Waals surface area (Å²) in [5, 5.41) is 28.4. The minimum atomic E-state index is -0.877. The highest BCUT2D eigenvalue weighted by molar-refractivity contribution is 5.53. The van der Waals surface area contributed by atoms with E-state index in [0.717, 1.165) is 6.07 Å². The summed E-state index contributed by atoms with van der Waals surface area (Å²) in [4.78, 5) is 11.7. The van der Waals surface area contributed by atoms with E-state index in [1.54, 1.807) is 4.90 Å². The van der Waals surface area contributed by atoms with E-state index in [2.05, 4.69) is 0 Å². The van der Waals surface area contributed by atoms with Gasteiger partial charge in [0, 0.05) is 38.1 Å². The monoisotopic (exact) mass is 272 g/mol. The van der Waals surface area contributed by atoms with Crippen molar-refractivity contribution in [3.05, 3.63) is 34.1 Å². The average molecular weight is 272 g/mol. The van der Waals surface area contributed by atoms with E-state index in [0.29, 0.717) is 31.6 Å². The Morgan fingerprint density at radius 1 is 1.21 bits per heavy atom. The van der Waals surface area contributed by atoms with Crippen LogP contribution in [0.2, 0.25) is 0 Å². The van der Waals surface area contributed by atoms with Crippen LogP contribution in [0, 0.1) is 15.9 Å². The van der Waals surface area contributed by atoms with Gasteiger partial charge in [-0.1, -0.05) is 0 Å². The molecule has 0 amide bonds. The van der Waals surface area contributed by atoms with Gasteiger partial charge >= 0.3 is 5.69 Å². The van der Waals surface area contributed by atoms with Crippen molar-refractivity contribution in [2.75, 3.05) is 31.2 Å². The molecule has 0 aliphatic carbocycles. The van der Waals surface area contributed by atoms with Gasteiger partial charge in [-0.3, -0.25) is 10.1 Å². The molecule has 0 heterocycles. The highest BCUT2D eigenvalue weighted by Crippen LogP contribution is 2.24. The lowest BCUT2D eigenvalue weighted by Gasteiger charge is -2.24. The molecule has 0 atom stereocenters. The van der Waals surface area contributed by atoms with Gasteiger partial charge in [-0.2, -0.15) is 4.39 Å². The first-order chi connectivity index (χ1) is 9.10. The molecule has 1 aromatic rings. The van der Waals surface area contributed by atoms with Crippen LogP contribution < -0.4 is 4.90 Å². The summed E-state index contributed by atoms with van der Waals surface area (Å²) in [6, 6.07) is 3.68. The molecule has 0 spiro atoms.